The normalized spacial score (nSPS) is 11.0. The summed E-state index contributed by atoms with van der Waals surface area (Å²) in [5.41, 5.74) is 2.13. The van der Waals surface area contributed by atoms with Gasteiger partial charge in [-0.25, -0.2) is 4.98 Å². The smallest absolute Gasteiger partial charge is 0.387 e. The fourth-order valence-corrected chi connectivity index (χ4v) is 4.21. The van der Waals surface area contributed by atoms with E-state index >= 15 is 0 Å². The van der Waals surface area contributed by atoms with Crippen molar-refractivity contribution in [3.8, 4) is 17.2 Å². The average Bonchev–Trinajstić information content (AvgIpc) is 3.42. The van der Waals surface area contributed by atoms with Gasteiger partial charge < -0.3 is 14.5 Å². The maximum Gasteiger partial charge on any atom is 0.387 e. The van der Waals surface area contributed by atoms with Crippen molar-refractivity contribution < 1.29 is 22.7 Å². The van der Waals surface area contributed by atoms with Crippen molar-refractivity contribution >= 4 is 34.7 Å². The van der Waals surface area contributed by atoms with Gasteiger partial charge in [-0.2, -0.15) is 8.78 Å². The van der Waals surface area contributed by atoms with E-state index in [2.05, 4.69) is 25.2 Å². The Balaban J connectivity index is 1.29. The first-order valence-corrected chi connectivity index (χ1v) is 11.2. The first kappa shape index (κ1) is 21.9. The summed E-state index contributed by atoms with van der Waals surface area (Å²) in [6, 6.07) is 15.2. The van der Waals surface area contributed by atoms with Crippen LogP contribution in [0.5, 0.6) is 5.75 Å². The molecule has 7 nitrogen and oxygen atoms in total. The summed E-state index contributed by atoms with van der Waals surface area (Å²) in [7, 11) is 0. The number of carbonyl (C=O) groups is 1. The van der Waals surface area contributed by atoms with Crippen molar-refractivity contribution in [3.05, 3.63) is 70.7 Å². The predicted octanol–water partition coefficient (Wildman–Crippen LogP) is 5.27. The van der Waals surface area contributed by atoms with E-state index < -0.39 is 6.61 Å². The minimum atomic E-state index is -2.88. The molecule has 0 aliphatic rings. The number of carbonyl (C=O) groups excluding carboxylic acids is 1. The minimum Gasteiger partial charge on any atom is -0.435 e. The Bertz CT molecular complexity index is 1170. The van der Waals surface area contributed by atoms with Gasteiger partial charge in [0, 0.05) is 22.4 Å². The summed E-state index contributed by atoms with van der Waals surface area (Å²) in [5.74, 6) is 0.693. The zero-order chi connectivity index (χ0) is 22.3. The van der Waals surface area contributed by atoms with Crippen molar-refractivity contribution in [2.45, 2.75) is 24.0 Å². The Morgan fingerprint density at radius 2 is 1.91 bits per heavy atom. The topological polar surface area (TPSA) is 90.1 Å². The van der Waals surface area contributed by atoms with Gasteiger partial charge in [-0.05, 0) is 36.4 Å². The van der Waals surface area contributed by atoms with E-state index in [4.69, 9.17) is 4.42 Å². The van der Waals surface area contributed by atoms with Crippen LogP contribution in [0.3, 0.4) is 0 Å². The van der Waals surface area contributed by atoms with Gasteiger partial charge in [0.1, 0.15) is 10.8 Å². The highest BCUT2D eigenvalue weighted by Gasteiger charge is 2.13. The van der Waals surface area contributed by atoms with Crippen molar-refractivity contribution in [1.82, 2.24) is 15.2 Å². The Labute approximate surface area is 189 Å². The number of thiazole rings is 1. The lowest BCUT2D eigenvalue weighted by atomic mass is 10.2. The van der Waals surface area contributed by atoms with Crippen molar-refractivity contribution in [2.24, 2.45) is 0 Å². The first-order chi connectivity index (χ1) is 15.5. The average molecular weight is 475 g/mol. The summed E-state index contributed by atoms with van der Waals surface area (Å²) < 4.78 is 34.4. The minimum absolute atomic E-state index is 0.0506. The van der Waals surface area contributed by atoms with Crippen LogP contribution in [0.25, 0.3) is 11.5 Å². The van der Waals surface area contributed by atoms with E-state index in [9.17, 15) is 13.6 Å². The van der Waals surface area contributed by atoms with E-state index in [0.717, 1.165) is 11.4 Å². The van der Waals surface area contributed by atoms with E-state index in [0.29, 0.717) is 21.5 Å². The number of benzene rings is 2. The van der Waals surface area contributed by atoms with Gasteiger partial charge >= 0.3 is 6.61 Å². The second kappa shape index (κ2) is 10.3. The Kier molecular flexibility index (Phi) is 7.07. The fraction of sp³-hybridized carbons (Fsp3) is 0.143. The molecule has 0 spiro atoms. The van der Waals surface area contributed by atoms with Gasteiger partial charge in [-0.3, -0.25) is 4.79 Å². The summed E-state index contributed by atoms with van der Waals surface area (Å²) in [6.45, 7) is -2.88. The first-order valence-electron chi connectivity index (χ1n) is 9.35. The van der Waals surface area contributed by atoms with Gasteiger partial charge in [0.2, 0.25) is 11.8 Å². The molecule has 0 unspecified atom stereocenters. The Morgan fingerprint density at radius 3 is 2.66 bits per heavy atom. The maximum atomic E-state index is 12.2. The van der Waals surface area contributed by atoms with Crippen LogP contribution in [-0.4, -0.2) is 27.7 Å². The van der Waals surface area contributed by atoms with Crippen LogP contribution in [0, 0.1) is 0 Å². The zero-order valence-corrected chi connectivity index (χ0v) is 18.0. The van der Waals surface area contributed by atoms with Gasteiger partial charge in [-0.15, -0.1) is 21.5 Å². The fourth-order valence-electron chi connectivity index (χ4n) is 2.66. The number of rotatable bonds is 9. The second-order valence-electron chi connectivity index (χ2n) is 6.39. The lowest BCUT2D eigenvalue weighted by Gasteiger charge is -2.03. The molecule has 4 rings (SSSR count). The van der Waals surface area contributed by atoms with Gasteiger partial charge in [0.15, 0.2) is 0 Å². The van der Waals surface area contributed by atoms with E-state index in [1.807, 2.05) is 35.7 Å². The van der Waals surface area contributed by atoms with Crippen LogP contribution in [-0.2, 0) is 17.0 Å². The third-order valence-corrected chi connectivity index (χ3v) is 5.79. The van der Waals surface area contributed by atoms with Gasteiger partial charge in [0.25, 0.3) is 5.22 Å². The SMILES string of the molecule is O=C(Cc1nc(CSc2nnc(-c3ccc(OC(F)F)cc3)o2)cs1)Nc1ccccc1. The number of amides is 1. The molecule has 1 N–H and O–H groups in total. The van der Waals surface area contributed by atoms with Crippen molar-refractivity contribution in [3.63, 3.8) is 0 Å². The second-order valence-corrected chi connectivity index (χ2v) is 8.26. The van der Waals surface area contributed by atoms with Gasteiger partial charge in [0.05, 0.1) is 12.1 Å². The molecule has 2 aromatic heterocycles. The number of nitrogens with zero attached hydrogens (tertiary/aromatic N) is 3. The standard InChI is InChI=1S/C21H16F2N4O3S2/c22-20(23)29-16-8-6-13(7-9-16)19-26-27-21(30-19)32-12-15-11-31-18(25-15)10-17(28)24-14-4-2-1-3-5-14/h1-9,11,20H,10,12H2,(H,24,28). The highest BCUT2D eigenvalue weighted by atomic mass is 32.2. The number of hydrogen-bond acceptors (Lipinski definition) is 8. The maximum absolute atomic E-state index is 12.2. The molecule has 0 fully saturated rings. The number of hydrogen-bond donors (Lipinski definition) is 1. The molecule has 164 valence electrons. The van der Waals surface area contributed by atoms with E-state index in [-0.39, 0.29) is 24.0 Å². The van der Waals surface area contributed by atoms with Crippen LogP contribution in [0.1, 0.15) is 10.7 Å². The zero-order valence-electron chi connectivity index (χ0n) is 16.4. The molecule has 4 aromatic rings. The number of para-hydroxylation sites is 1. The number of thioether (sulfide) groups is 1. The molecule has 32 heavy (non-hydrogen) atoms. The van der Waals surface area contributed by atoms with Gasteiger partial charge in [-0.1, -0.05) is 30.0 Å². The van der Waals surface area contributed by atoms with Crippen LogP contribution >= 0.6 is 23.1 Å². The van der Waals surface area contributed by atoms with E-state index in [1.165, 1.54) is 35.2 Å². The highest BCUT2D eigenvalue weighted by Crippen LogP contribution is 2.27. The summed E-state index contributed by atoms with van der Waals surface area (Å²) in [4.78, 5) is 16.6. The molecule has 2 aromatic carbocycles. The van der Waals surface area contributed by atoms with E-state index in [1.54, 1.807) is 12.1 Å². The largest absolute Gasteiger partial charge is 0.435 e. The Morgan fingerprint density at radius 1 is 1.12 bits per heavy atom. The predicted molar refractivity (Wildman–Crippen MR) is 117 cm³/mol. The third kappa shape index (κ3) is 6.11. The van der Waals surface area contributed by atoms with Crippen molar-refractivity contribution in [1.29, 1.82) is 0 Å². The molecule has 0 bridgehead atoms. The molecule has 0 radical (unpaired) electrons. The quantitative estimate of drug-likeness (QED) is 0.331. The molecule has 0 atom stereocenters. The molecule has 0 saturated carbocycles. The number of nitrogens with one attached hydrogen (secondary N) is 1. The third-order valence-electron chi connectivity index (χ3n) is 4.05. The van der Waals surface area contributed by atoms with Crippen molar-refractivity contribution in [2.75, 3.05) is 5.32 Å². The lowest BCUT2D eigenvalue weighted by Crippen LogP contribution is -2.14. The molecule has 2 heterocycles. The molecule has 0 saturated heterocycles. The molecular weight excluding hydrogens is 458 g/mol. The van der Waals surface area contributed by atoms with Crippen LogP contribution in [0.4, 0.5) is 14.5 Å². The monoisotopic (exact) mass is 474 g/mol. The van der Waals surface area contributed by atoms with Crippen LogP contribution in [0.2, 0.25) is 0 Å². The summed E-state index contributed by atoms with van der Waals surface area (Å²) >= 11 is 2.73. The highest BCUT2D eigenvalue weighted by molar-refractivity contribution is 7.98. The number of ether oxygens (including phenoxy) is 1. The summed E-state index contributed by atoms with van der Waals surface area (Å²) in [5, 5.41) is 13.7. The lowest BCUT2D eigenvalue weighted by molar-refractivity contribution is -0.115. The molecule has 1 amide bonds. The summed E-state index contributed by atoms with van der Waals surface area (Å²) in [6.07, 6.45) is 0.195. The molecule has 11 heteroatoms. The van der Waals surface area contributed by atoms with Crippen LogP contribution < -0.4 is 10.1 Å². The van der Waals surface area contributed by atoms with Crippen LogP contribution in [0.15, 0.2) is 69.6 Å². The number of anilines is 1. The molecule has 0 aliphatic heterocycles. The number of aromatic nitrogens is 3. The molecular formula is C21H16F2N4O3S2. The number of alkyl halides is 2. The number of halogens is 2. The molecule has 0 aliphatic carbocycles. The Hall–Kier alpha value is -3.31.